The second kappa shape index (κ2) is 11.9. The molecule has 0 fully saturated rings. The summed E-state index contributed by atoms with van der Waals surface area (Å²) in [6.45, 7) is 5.32. The van der Waals surface area contributed by atoms with Gasteiger partial charge >= 0.3 is 0 Å². The normalized spacial score (nSPS) is 11.3. The van der Waals surface area contributed by atoms with Crippen LogP contribution in [0.1, 0.15) is 71.1 Å². The summed E-state index contributed by atoms with van der Waals surface area (Å²) < 4.78 is 36.2. The fraction of sp³-hybridized carbons (Fsp3) is 0.182. The van der Waals surface area contributed by atoms with Gasteiger partial charge in [0.25, 0.3) is 10.1 Å². The molecule has 1 N–H and O–H groups in total. The lowest BCUT2D eigenvalue weighted by molar-refractivity contribution is 0.0980. The first kappa shape index (κ1) is 28.8. The van der Waals surface area contributed by atoms with Crippen LogP contribution >= 0.6 is 0 Å². The van der Waals surface area contributed by atoms with Crippen LogP contribution in [0.2, 0.25) is 0 Å². The summed E-state index contributed by atoms with van der Waals surface area (Å²) >= 11 is 0. The molecule has 0 aliphatic carbocycles. The van der Waals surface area contributed by atoms with Crippen molar-refractivity contribution in [2.24, 2.45) is 0 Å². The van der Waals surface area contributed by atoms with Crippen LogP contribution in [0.4, 0.5) is 0 Å². The van der Waals surface area contributed by atoms with Gasteiger partial charge in [-0.3, -0.25) is 18.9 Å². The minimum absolute atomic E-state index is 0.0121. The highest BCUT2D eigenvalue weighted by molar-refractivity contribution is 7.86. The van der Waals surface area contributed by atoms with Crippen LogP contribution in [-0.4, -0.2) is 30.3 Å². The molecule has 0 aliphatic rings. The van der Waals surface area contributed by atoms with Crippen molar-refractivity contribution < 1.29 is 27.4 Å². The largest absolute Gasteiger partial charge is 0.295 e. The Morgan fingerprint density at radius 2 is 0.825 bits per heavy atom. The highest BCUT2D eigenvalue weighted by Crippen LogP contribution is 2.40. The average molecular weight is 555 g/mol. The Morgan fingerprint density at radius 1 is 0.525 bits per heavy atom. The lowest BCUT2D eigenvalue weighted by atomic mass is 9.91. The van der Waals surface area contributed by atoms with Crippen molar-refractivity contribution in [3.8, 4) is 33.4 Å². The van der Waals surface area contributed by atoms with E-state index < -0.39 is 10.1 Å². The molecule has 0 bridgehead atoms. The van der Waals surface area contributed by atoms with E-state index in [0.717, 1.165) is 5.56 Å². The van der Waals surface area contributed by atoms with Crippen molar-refractivity contribution >= 4 is 27.5 Å². The van der Waals surface area contributed by atoms with Crippen LogP contribution in [0.15, 0.2) is 89.8 Å². The van der Waals surface area contributed by atoms with Gasteiger partial charge in [0.1, 0.15) is 4.90 Å². The summed E-state index contributed by atoms with van der Waals surface area (Å²) in [5.74, 6) is -0.0723. The number of ketones is 3. The Labute approximate surface area is 234 Å². The third-order valence-electron chi connectivity index (χ3n) is 6.89. The summed E-state index contributed by atoms with van der Waals surface area (Å²) in [5.41, 5.74) is 4.50. The third kappa shape index (κ3) is 6.01. The number of hydrogen-bond donors (Lipinski definition) is 1. The topological polar surface area (TPSA) is 106 Å². The first-order valence-electron chi connectivity index (χ1n) is 13.1. The molecule has 6 nitrogen and oxygen atoms in total. The van der Waals surface area contributed by atoms with Crippen LogP contribution in [0.25, 0.3) is 33.4 Å². The Hall–Kier alpha value is -4.20. The molecule has 0 aromatic heterocycles. The van der Waals surface area contributed by atoms with Gasteiger partial charge < -0.3 is 0 Å². The molecule has 0 atom stereocenters. The molecule has 4 rings (SSSR count). The second-order valence-electron chi connectivity index (χ2n) is 9.44. The van der Waals surface area contributed by atoms with E-state index in [4.69, 9.17) is 0 Å². The number of rotatable bonds is 10. The standard InChI is InChI=1S/C33H30O6S/c1-4-30(34)24-13-7-21(8-14-24)27-19-28(22-9-15-25(16-10-22)31(35)5-2)33(40(37,38)39)29(20-27)23-11-17-26(18-12-23)32(36)6-3/h7-20H,4-6H2,1-3H3,(H,37,38,39). The summed E-state index contributed by atoms with van der Waals surface area (Å²) in [6, 6.07) is 23.6. The smallest absolute Gasteiger partial charge is 0.294 e. The van der Waals surface area contributed by atoms with Gasteiger partial charge in [-0.2, -0.15) is 8.42 Å². The van der Waals surface area contributed by atoms with E-state index >= 15 is 0 Å². The molecule has 7 heteroatoms. The monoisotopic (exact) mass is 554 g/mol. The highest BCUT2D eigenvalue weighted by Gasteiger charge is 2.24. The van der Waals surface area contributed by atoms with Crippen molar-refractivity contribution in [1.29, 1.82) is 0 Å². The number of carbonyl (C=O) groups is 3. The fourth-order valence-electron chi connectivity index (χ4n) is 4.63. The Kier molecular flexibility index (Phi) is 8.57. The van der Waals surface area contributed by atoms with Crippen molar-refractivity contribution in [2.75, 3.05) is 0 Å². The molecular weight excluding hydrogens is 524 g/mol. The van der Waals surface area contributed by atoms with Gasteiger partial charge in [0.2, 0.25) is 0 Å². The van der Waals surface area contributed by atoms with Gasteiger partial charge in [0.05, 0.1) is 0 Å². The van der Waals surface area contributed by atoms with Gasteiger partial charge in [-0.25, -0.2) is 0 Å². The van der Waals surface area contributed by atoms with Crippen LogP contribution in [-0.2, 0) is 10.1 Å². The molecule has 0 amide bonds. The molecular formula is C33H30O6S. The molecule has 204 valence electrons. The predicted molar refractivity (Wildman–Crippen MR) is 156 cm³/mol. The molecule has 4 aromatic carbocycles. The number of carbonyl (C=O) groups excluding carboxylic acids is 3. The zero-order valence-corrected chi connectivity index (χ0v) is 23.4. The van der Waals surface area contributed by atoms with Crippen molar-refractivity contribution in [2.45, 2.75) is 44.9 Å². The summed E-state index contributed by atoms with van der Waals surface area (Å²) in [4.78, 5) is 36.2. The SMILES string of the molecule is CCC(=O)c1ccc(-c2cc(-c3ccc(C(=O)CC)cc3)c(S(=O)(=O)O)c(-c3ccc(C(=O)CC)cc3)c2)cc1. The molecule has 0 aliphatic heterocycles. The molecule has 0 unspecified atom stereocenters. The average Bonchev–Trinajstić information content (AvgIpc) is 2.99. The van der Waals surface area contributed by atoms with Gasteiger partial charge in [0, 0.05) is 47.1 Å². The molecule has 0 spiro atoms. The summed E-state index contributed by atoms with van der Waals surface area (Å²) in [5, 5.41) is 0. The van der Waals surface area contributed by atoms with Gasteiger partial charge in [-0.15, -0.1) is 0 Å². The minimum atomic E-state index is -4.72. The van der Waals surface area contributed by atoms with E-state index in [0.29, 0.717) is 52.6 Å². The van der Waals surface area contributed by atoms with E-state index in [1.807, 2.05) is 0 Å². The zero-order valence-electron chi connectivity index (χ0n) is 22.6. The third-order valence-corrected chi connectivity index (χ3v) is 7.84. The molecule has 40 heavy (non-hydrogen) atoms. The maximum Gasteiger partial charge on any atom is 0.295 e. The van der Waals surface area contributed by atoms with Gasteiger partial charge in [-0.1, -0.05) is 93.6 Å². The Morgan fingerprint density at radius 3 is 1.10 bits per heavy atom. The first-order chi connectivity index (χ1) is 19.1. The molecule has 0 saturated carbocycles. The molecule has 0 heterocycles. The fourth-order valence-corrected chi connectivity index (χ4v) is 5.54. The maximum absolute atomic E-state index is 12.9. The van der Waals surface area contributed by atoms with E-state index in [2.05, 4.69) is 0 Å². The zero-order chi connectivity index (χ0) is 29.0. The molecule has 0 saturated heterocycles. The van der Waals surface area contributed by atoms with Crippen LogP contribution < -0.4 is 0 Å². The van der Waals surface area contributed by atoms with E-state index in [1.54, 1.807) is 106 Å². The van der Waals surface area contributed by atoms with E-state index in [1.165, 1.54) is 0 Å². The Balaban J connectivity index is 1.99. The van der Waals surface area contributed by atoms with Gasteiger partial charge in [0.15, 0.2) is 17.3 Å². The van der Waals surface area contributed by atoms with Crippen molar-refractivity contribution in [3.05, 3.63) is 102 Å². The summed E-state index contributed by atoms with van der Waals surface area (Å²) in [7, 11) is -4.72. The number of benzene rings is 4. The Bertz CT molecular complexity index is 1600. The molecule has 4 aromatic rings. The van der Waals surface area contributed by atoms with Gasteiger partial charge in [-0.05, 0) is 34.4 Å². The number of hydrogen-bond acceptors (Lipinski definition) is 5. The van der Waals surface area contributed by atoms with Crippen LogP contribution in [0, 0.1) is 0 Å². The molecule has 0 radical (unpaired) electrons. The van der Waals surface area contributed by atoms with Crippen LogP contribution in [0.5, 0.6) is 0 Å². The van der Waals surface area contributed by atoms with Crippen molar-refractivity contribution in [3.63, 3.8) is 0 Å². The van der Waals surface area contributed by atoms with Crippen molar-refractivity contribution in [1.82, 2.24) is 0 Å². The predicted octanol–water partition coefficient (Wildman–Crippen LogP) is 7.71. The first-order valence-corrected chi connectivity index (χ1v) is 14.6. The maximum atomic E-state index is 12.9. The number of Topliss-reactive ketones (excluding diaryl/α,β-unsaturated/α-hetero) is 3. The van der Waals surface area contributed by atoms with E-state index in [9.17, 15) is 27.4 Å². The minimum Gasteiger partial charge on any atom is -0.294 e. The lowest BCUT2D eigenvalue weighted by Crippen LogP contribution is -2.05. The lowest BCUT2D eigenvalue weighted by Gasteiger charge is -2.17. The second-order valence-corrected chi connectivity index (χ2v) is 10.8. The van der Waals surface area contributed by atoms with Crippen LogP contribution in [0.3, 0.4) is 0 Å². The highest BCUT2D eigenvalue weighted by atomic mass is 32.2. The van der Waals surface area contributed by atoms with E-state index in [-0.39, 0.29) is 33.4 Å². The summed E-state index contributed by atoms with van der Waals surface area (Å²) in [6.07, 6.45) is 1.05. The quantitative estimate of drug-likeness (QED) is 0.159.